The number of carbonyl (C=O) groups excluding carboxylic acids is 1. The fourth-order valence-electron chi connectivity index (χ4n) is 2.12. The molecule has 1 aromatic rings. The van der Waals surface area contributed by atoms with Crippen molar-refractivity contribution in [1.29, 1.82) is 0 Å². The highest BCUT2D eigenvalue weighted by atomic mass is 16.5. The molecule has 0 N–H and O–H groups in total. The normalized spacial score (nSPS) is 12.8. The summed E-state index contributed by atoms with van der Waals surface area (Å²) in [4.78, 5) is 13.7. The van der Waals surface area contributed by atoms with Gasteiger partial charge in [0.1, 0.15) is 0 Å². The van der Waals surface area contributed by atoms with Crippen molar-refractivity contribution < 1.29 is 9.53 Å². The van der Waals surface area contributed by atoms with Gasteiger partial charge < -0.3 is 9.64 Å². The molecule has 0 bridgehead atoms. The molecule has 0 aliphatic carbocycles. The molecule has 1 aromatic carbocycles. The number of nitrogens with zero attached hydrogens (tertiary/aromatic N) is 1. The Hall–Kier alpha value is -1.61. The van der Waals surface area contributed by atoms with E-state index in [1.54, 1.807) is 4.90 Å². The highest BCUT2D eigenvalue weighted by molar-refractivity contribution is 5.78. The number of benzene rings is 1. The molecule has 116 valence electrons. The van der Waals surface area contributed by atoms with E-state index in [4.69, 9.17) is 4.74 Å². The summed E-state index contributed by atoms with van der Waals surface area (Å²) in [5, 5.41) is 0. The lowest BCUT2D eigenvalue weighted by Gasteiger charge is -2.22. The molecule has 0 spiro atoms. The van der Waals surface area contributed by atoms with Crippen LogP contribution in [0.25, 0.3) is 0 Å². The number of carbonyl (C=O) groups is 1. The van der Waals surface area contributed by atoms with Gasteiger partial charge in [-0.1, -0.05) is 56.3 Å². The molecule has 0 saturated carbocycles. The van der Waals surface area contributed by atoms with E-state index in [1.807, 2.05) is 50.5 Å². The van der Waals surface area contributed by atoms with Crippen LogP contribution in [0.2, 0.25) is 0 Å². The summed E-state index contributed by atoms with van der Waals surface area (Å²) in [5.41, 5.74) is 1.17. The van der Waals surface area contributed by atoms with Crippen LogP contribution in [0, 0.1) is 11.8 Å². The van der Waals surface area contributed by atoms with E-state index >= 15 is 0 Å². The molecule has 1 atom stereocenters. The van der Waals surface area contributed by atoms with Crippen molar-refractivity contribution in [3.05, 3.63) is 48.0 Å². The lowest BCUT2D eigenvalue weighted by Crippen LogP contribution is -2.32. The van der Waals surface area contributed by atoms with Gasteiger partial charge in [-0.2, -0.15) is 0 Å². The highest BCUT2D eigenvalue weighted by Crippen LogP contribution is 2.18. The van der Waals surface area contributed by atoms with E-state index in [0.29, 0.717) is 19.1 Å². The maximum Gasteiger partial charge on any atom is 0.225 e. The topological polar surface area (TPSA) is 29.5 Å². The molecule has 1 amide bonds. The summed E-state index contributed by atoms with van der Waals surface area (Å²) in [7, 11) is 3.62. The standard InChI is InChI=1S/C18H27NO2/c1-15(2)17(18(20)19(3)4)12-8-9-13-21-14-16-10-6-5-7-11-16/h5-11,15,17H,12-14H2,1-4H3/t17-/m0/s1. The first kappa shape index (κ1) is 17.4. The molecule has 3 nitrogen and oxygen atoms in total. The van der Waals surface area contributed by atoms with Gasteiger partial charge >= 0.3 is 0 Å². The molecule has 0 aromatic heterocycles. The highest BCUT2D eigenvalue weighted by Gasteiger charge is 2.21. The van der Waals surface area contributed by atoms with Crippen molar-refractivity contribution in [2.75, 3.05) is 20.7 Å². The van der Waals surface area contributed by atoms with Crippen LogP contribution < -0.4 is 0 Å². The van der Waals surface area contributed by atoms with Gasteiger partial charge in [-0.3, -0.25) is 4.79 Å². The first-order chi connectivity index (χ1) is 10.0. The van der Waals surface area contributed by atoms with E-state index in [9.17, 15) is 4.79 Å². The minimum atomic E-state index is 0.0466. The largest absolute Gasteiger partial charge is 0.373 e. The lowest BCUT2D eigenvalue weighted by molar-refractivity contribution is -0.134. The Kier molecular flexibility index (Phi) is 7.76. The number of hydrogen-bond donors (Lipinski definition) is 0. The van der Waals surface area contributed by atoms with Crippen molar-refractivity contribution in [3.63, 3.8) is 0 Å². The van der Waals surface area contributed by atoms with Crippen LogP contribution in [0.15, 0.2) is 42.5 Å². The van der Waals surface area contributed by atoms with E-state index in [1.165, 1.54) is 5.56 Å². The summed E-state index contributed by atoms with van der Waals surface area (Å²) in [6, 6.07) is 10.1. The van der Waals surface area contributed by atoms with Crippen LogP contribution >= 0.6 is 0 Å². The molecule has 0 fully saturated rings. The monoisotopic (exact) mass is 289 g/mol. The Balaban J connectivity index is 2.31. The Morgan fingerprint density at radius 2 is 1.86 bits per heavy atom. The van der Waals surface area contributed by atoms with Crippen molar-refractivity contribution in [2.24, 2.45) is 11.8 Å². The molecule has 0 unspecified atom stereocenters. The van der Waals surface area contributed by atoms with Crippen LogP contribution in [0.3, 0.4) is 0 Å². The summed E-state index contributed by atoms with van der Waals surface area (Å²) in [6.45, 7) is 5.38. The van der Waals surface area contributed by atoms with Gasteiger partial charge in [0.2, 0.25) is 5.91 Å². The second-order valence-corrected chi connectivity index (χ2v) is 5.79. The van der Waals surface area contributed by atoms with E-state index in [-0.39, 0.29) is 11.8 Å². The fraction of sp³-hybridized carbons (Fsp3) is 0.500. The van der Waals surface area contributed by atoms with Crippen molar-refractivity contribution in [3.8, 4) is 0 Å². The van der Waals surface area contributed by atoms with Crippen LogP contribution in [0.5, 0.6) is 0 Å². The zero-order valence-electron chi connectivity index (χ0n) is 13.6. The number of amides is 1. The minimum absolute atomic E-state index is 0.0466. The quantitative estimate of drug-likeness (QED) is 0.541. The Morgan fingerprint density at radius 1 is 1.19 bits per heavy atom. The van der Waals surface area contributed by atoms with E-state index in [0.717, 1.165) is 6.42 Å². The summed E-state index contributed by atoms with van der Waals surface area (Å²) in [6.07, 6.45) is 4.82. The zero-order chi connectivity index (χ0) is 15.7. The first-order valence-electron chi connectivity index (χ1n) is 7.50. The molecule has 0 saturated heterocycles. The third kappa shape index (κ3) is 6.58. The SMILES string of the molecule is CC(C)[C@H](CC=CCOCc1ccccc1)C(=O)N(C)C. The van der Waals surface area contributed by atoms with Crippen molar-refractivity contribution >= 4 is 5.91 Å². The minimum Gasteiger partial charge on any atom is -0.373 e. The number of allylic oxidation sites excluding steroid dienone is 1. The smallest absolute Gasteiger partial charge is 0.225 e. The number of rotatable bonds is 8. The Labute approximate surface area is 128 Å². The number of hydrogen-bond acceptors (Lipinski definition) is 2. The third-order valence-corrected chi connectivity index (χ3v) is 3.45. The molecule has 21 heavy (non-hydrogen) atoms. The molecule has 1 rings (SSSR count). The van der Waals surface area contributed by atoms with Gasteiger partial charge in [0.05, 0.1) is 13.2 Å². The molecule has 0 aliphatic rings. The fourth-order valence-corrected chi connectivity index (χ4v) is 2.12. The van der Waals surface area contributed by atoms with Crippen LogP contribution in [0.1, 0.15) is 25.8 Å². The molecular formula is C18H27NO2. The predicted octanol–water partition coefficient (Wildman–Crippen LogP) is 3.51. The lowest BCUT2D eigenvalue weighted by atomic mass is 9.91. The maximum atomic E-state index is 12.1. The second kappa shape index (κ2) is 9.35. The maximum absolute atomic E-state index is 12.1. The second-order valence-electron chi connectivity index (χ2n) is 5.79. The zero-order valence-corrected chi connectivity index (χ0v) is 13.6. The van der Waals surface area contributed by atoms with Gasteiger partial charge in [0.25, 0.3) is 0 Å². The molecule has 0 radical (unpaired) electrons. The Bertz CT molecular complexity index is 438. The first-order valence-corrected chi connectivity index (χ1v) is 7.50. The molecule has 0 heterocycles. The average molecular weight is 289 g/mol. The summed E-state index contributed by atoms with van der Waals surface area (Å²) in [5.74, 6) is 0.583. The van der Waals surface area contributed by atoms with Gasteiger partial charge in [-0.25, -0.2) is 0 Å². The van der Waals surface area contributed by atoms with Crippen molar-refractivity contribution in [1.82, 2.24) is 4.90 Å². The summed E-state index contributed by atoms with van der Waals surface area (Å²) < 4.78 is 5.59. The van der Waals surface area contributed by atoms with Gasteiger partial charge in [-0.15, -0.1) is 0 Å². The van der Waals surface area contributed by atoms with E-state index in [2.05, 4.69) is 19.9 Å². The van der Waals surface area contributed by atoms with Gasteiger partial charge in [0.15, 0.2) is 0 Å². The predicted molar refractivity (Wildman–Crippen MR) is 86.9 cm³/mol. The van der Waals surface area contributed by atoms with E-state index < -0.39 is 0 Å². The third-order valence-electron chi connectivity index (χ3n) is 3.45. The number of ether oxygens (including phenoxy) is 1. The van der Waals surface area contributed by atoms with Crippen LogP contribution in [-0.2, 0) is 16.1 Å². The molecule has 3 heteroatoms. The molecular weight excluding hydrogens is 262 g/mol. The summed E-state index contributed by atoms with van der Waals surface area (Å²) >= 11 is 0. The average Bonchev–Trinajstić information content (AvgIpc) is 2.46. The van der Waals surface area contributed by atoms with Gasteiger partial charge in [-0.05, 0) is 17.9 Å². The Morgan fingerprint density at radius 3 is 2.43 bits per heavy atom. The van der Waals surface area contributed by atoms with Gasteiger partial charge in [0, 0.05) is 20.0 Å². The van der Waals surface area contributed by atoms with Crippen LogP contribution in [-0.4, -0.2) is 31.5 Å². The van der Waals surface area contributed by atoms with Crippen molar-refractivity contribution in [2.45, 2.75) is 26.9 Å². The molecule has 0 aliphatic heterocycles. The van der Waals surface area contributed by atoms with Crippen LogP contribution in [0.4, 0.5) is 0 Å².